The van der Waals surface area contributed by atoms with Crippen molar-refractivity contribution in [3.05, 3.63) is 0 Å². The molecular weight excluding hydrogens is 316 g/mol. The minimum atomic E-state index is -2.66. The third kappa shape index (κ3) is 8.78. The molecule has 0 aliphatic heterocycles. The predicted octanol–water partition coefficient (Wildman–Crippen LogP) is 3.63. The molecule has 0 aromatic heterocycles. The Morgan fingerprint density at radius 1 is 1.33 bits per heavy atom. The topological polar surface area (TPSA) is 35.2 Å². The Labute approximate surface area is 103 Å². The molecule has 92 valence electrons. The molecule has 2 nitrogen and oxygen atoms in total. The van der Waals surface area contributed by atoms with E-state index in [-0.39, 0.29) is 0 Å². The van der Waals surface area contributed by atoms with Gasteiger partial charge in [-0.25, -0.2) is 0 Å². The Bertz CT molecular complexity index is 158. The summed E-state index contributed by atoms with van der Waals surface area (Å²) in [7, 11) is 6.59. The van der Waals surface area contributed by atoms with E-state index in [0.717, 1.165) is 34.7 Å². The van der Waals surface area contributed by atoms with Crippen LogP contribution in [0, 0.1) is 0 Å². The summed E-state index contributed by atoms with van der Waals surface area (Å²) in [6.07, 6.45) is 4.53. The van der Waals surface area contributed by atoms with Crippen LogP contribution in [0.4, 0.5) is 0 Å². The summed E-state index contributed by atoms with van der Waals surface area (Å²) in [6.45, 7) is 7.26. The summed E-state index contributed by atoms with van der Waals surface area (Å²) in [6, 6.07) is 0.296. The number of hydrogen-bond acceptors (Lipinski definition) is 2. The number of hydrogen-bond donors (Lipinski definition) is 1. The zero-order valence-electron chi connectivity index (χ0n) is 10.4. The van der Waals surface area contributed by atoms with Crippen LogP contribution in [0.25, 0.3) is 0 Å². The molecule has 0 aromatic rings. The van der Waals surface area contributed by atoms with Crippen molar-refractivity contribution in [2.45, 2.75) is 61.4 Å². The monoisotopic (exact) mass is 343 g/mol. The summed E-state index contributed by atoms with van der Waals surface area (Å²) >= 11 is -2.66. The maximum absolute atomic E-state index is 6.59. The molecule has 0 rings (SSSR count). The van der Waals surface area contributed by atoms with Crippen LogP contribution in [-0.4, -0.2) is 30.3 Å². The van der Waals surface area contributed by atoms with E-state index in [1.165, 1.54) is 6.42 Å². The summed E-state index contributed by atoms with van der Waals surface area (Å²) < 4.78 is 8.11. The zero-order chi connectivity index (χ0) is 11.7. The normalized spacial score (nSPS) is 17.4. The molecule has 4 heteroatoms. The second-order valence-corrected chi connectivity index (χ2v) is 18.2. The molecule has 0 fully saturated rings. The van der Waals surface area contributed by atoms with Crippen molar-refractivity contribution >= 4 is 26.6 Å². The molecule has 0 saturated carbocycles. The fourth-order valence-electron chi connectivity index (χ4n) is 1.44. The van der Waals surface area contributed by atoms with Gasteiger partial charge < -0.3 is 0 Å². The van der Waals surface area contributed by atoms with E-state index in [0.29, 0.717) is 6.04 Å². The van der Waals surface area contributed by atoms with Gasteiger partial charge in [0.25, 0.3) is 0 Å². The second kappa shape index (κ2) is 9.08. The molecule has 0 aliphatic rings. The van der Waals surface area contributed by atoms with E-state index in [4.69, 9.17) is 17.7 Å². The Hall–Kier alpha value is 1.01. The fraction of sp³-hybridized carbons (Fsp3) is 1.00. The average Bonchev–Trinajstić information content (AvgIpc) is 2.18. The Morgan fingerprint density at radius 3 is 2.47 bits per heavy atom. The first-order valence-electron chi connectivity index (χ1n) is 6.12. The SMILES string of the molecule is CCCC[O][Sn]([Cl])([CH2]C)[CH2]CCC(C)N. The van der Waals surface area contributed by atoms with Gasteiger partial charge in [0, 0.05) is 0 Å². The number of nitrogens with two attached hydrogens (primary N) is 1. The van der Waals surface area contributed by atoms with Crippen molar-refractivity contribution in [3.8, 4) is 0 Å². The van der Waals surface area contributed by atoms with E-state index in [1.807, 2.05) is 0 Å². The van der Waals surface area contributed by atoms with Crippen LogP contribution in [0.1, 0.15) is 46.5 Å². The van der Waals surface area contributed by atoms with Crippen molar-refractivity contribution in [2.24, 2.45) is 5.73 Å². The average molecular weight is 342 g/mol. The van der Waals surface area contributed by atoms with Gasteiger partial charge in [-0.1, -0.05) is 0 Å². The molecule has 0 saturated heterocycles. The summed E-state index contributed by atoms with van der Waals surface area (Å²) in [5.74, 6) is 0. The summed E-state index contributed by atoms with van der Waals surface area (Å²) in [5.41, 5.74) is 5.72. The molecule has 0 radical (unpaired) electrons. The summed E-state index contributed by atoms with van der Waals surface area (Å²) in [4.78, 5) is 0. The number of halogens is 1. The summed E-state index contributed by atoms with van der Waals surface area (Å²) in [5, 5.41) is 0. The van der Waals surface area contributed by atoms with E-state index >= 15 is 0 Å². The van der Waals surface area contributed by atoms with Gasteiger partial charge in [-0.15, -0.1) is 0 Å². The van der Waals surface area contributed by atoms with Gasteiger partial charge >= 0.3 is 103 Å². The van der Waals surface area contributed by atoms with E-state index < -0.39 is 17.7 Å². The second-order valence-electron chi connectivity index (χ2n) is 4.31. The molecule has 2 N–H and O–H groups in total. The van der Waals surface area contributed by atoms with E-state index in [2.05, 4.69) is 20.8 Å². The van der Waals surface area contributed by atoms with Gasteiger partial charge in [-0.05, 0) is 0 Å². The van der Waals surface area contributed by atoms with Crippen molar-refractivity contribution in [3.63, 3.8) is 0 Å². The van der Waals surface area contributed by atoms with E-state index in [1.54, 1.807) is 0 Å². The Balaban J connectivity index is 3.74. The third-order valence-electron chi connectivity index (χ3n) is 2.60. The first-order chi connectivity index (χ1) is 7.04. The molecule has 0 heterocycles. The van der Waals surface area contributed by atoms with Crippen LogP contribution in [0.15, 0.2) is 0 Å². The van der Waals surface area contributed by atoms with Crippen LogP contribution >= 0.6 is 8.92 Å². The van der Waals surface area contributed by atoms with Crippen molar-refractivity contribution in [1.82, 2.24) is 0 Å². The minimum absolute atomic E-state index is 0.296. The van der Waals surface area contributed by atoms with Gasteiger partial charge in [0.05, 0.1) is 0 Å². The maximum atomic E-state index is 6.59. The quantitative estimate of drug-likeness (QED) is 0.513. The van der Waals surface area contributed by atoms with Crippen LogP contribution in [0.5, 0.6) is 0 Å². The van der Waals surface area contributed by atoms with Crippen LogP contribution in [0.2, 0.25) is 8.87 Å². The van der Waals surface area contributed by atoms with Crippen molar-refractivity contribution in [2.75, 3.05) is 6.61 Å². The van der Waals surface area contributed by atoms with Crippen LogP contribution in [-0.2, 0) is 3.07 Å². The van der Waals surface area contributed by atoms with Gasteiger partial charge in [-0.3, -0.25) is 0 Å². The van der Waals surface area contributed by atoms with Crippen molar-refractivity contribution in [1.29, 1.82) is 0 Å². The van der Waals surface area contributed by atoms with Gasteiger partial charge in [0.1, 0.15) is 0 Å². The molecule has 0 amide bonds. The molecular formula is C11H26ClNOSn. The molecule has 0 aromatic carbocycles. The molecule has 2 unspecified atom stereocenters. The molecule has 0 spiro atoms. The Morgan fingerprint density at radius 2 is 2.00 bits per heavy atom. The van der Waals surface area contributed by atoms with Crippen LogP contribution < -0.4 is 5.73 Å². The van der Waals surface area contributed by atoms with Gasteiger partial charge in [0.2, 0.25) is 0 Å². The number of rotatable bonds is 9. The number of unbranched alkanes of at least 4 members (excludes halogenated alkanes) is 1. The van der Waals surface area contributed by atoms with Crippen LogP contribution in [0.3, 0.4) is 0 Å². The Kier molecular flexibility index (Phi) is 9.69. The predicted molar refractivity (Wildman–Crippen MR) is 70.6 cm³/mol. The van der Waals surface area contributed by atoms with Gasteiger partial charge in [0.15, 0.2) is 0 Å². The van der Waals surface area contributed by atoms with Crippen molar-refractivity contribution < 1.29 is 3.07 Å². The van der Waals surface area contributed by atoms with Gasteiger partial charge in [-0.2, -0.15) is 0 Å². The molecule has 2 atom stereocenters. The molecule has 0 aliphatic carbocycles. The van der Waals surface area contributed by atoms with E-state index in [9.17, 15) is 0 Å². The standard InChI is InChI=1S/C5H12N.C4H9O.C2H5.ClH.Sn/c1-3-4-5(2)6;1-2-3-4-5;1-2;;/h5H,1,3-4,6H2,2H3;2-4H2,1H3;1H2,2H3;1H;/q;-1;;;+2/p-1. The molecule has 0 bridgehead atoms. The fourth-order valence-corrected chi connectivity index (χ4v) is 8.40. The zero-order valence-corrected chi connectivity index (χ0v) is 14.0. The third-order valence-corrected chi connectivity index (χ3v) is 14.6. The molecule has 15 heavy (non-hydrogen) atoms. The first kappa shape index (κ1) is 16.0. The first-order valence-corrected chi connectivity index (χ1v) is 14.9.